The highest BCUT2D eigenvalue weighted by Gasteiger charge is 2.29. The third-order valence-electron chi connectivity index (χ3n) is 5.63. The number of para-hydroxylation sites is 1. The SMILES string of the molecule is O=C(NCCCn1ncc2ccccc21)[C@H]1CCC(=O)N(CCc2ccccn2)C1. The molecule has 2 amide bonds. The molecule has 1 fully saturated rings. The second kappa shape index (κ2) is 9.52. The quantitative estimate of drug-likeness (QED) is 0.584. The summed E-state index contributed by atoms with van der Waals surface area (Å²) in [5.74, 6) is 0.0215. The van der Waals surface area contributed by atoms with Gasteiger partial charge in [0, 0.05) is 56.3 Å². The van der Waals surface area contributed by atoms with Crippen molar-refractivity contribution in [2.75, 3.05) is 19.6 Å². The highest BCUT2D eigenvalue weighted by molar-refractivity contribution is 5.83. The van der Waals surface area contributed by atoms with Gasteiger partial charge < -0.3 is 10.2 Å². The molecule has 156 valence electrons. The highest BCUT2D eigenvalue weighted by Crippen LogP contribution is 2.18. The van der Waals surface area contributed by atoms with E-state index in [1.165, 1.54) is 0 Å². The first-order valence-corrected chi connectivity index (χ1v) is 10.6. The molecule has 30 heavy (non-hydrogen) atoms. The van der Waals surface area contributed by atoms with Gasteiger partial charge in [-0.1, -0.05) is 24.3 Å². The predicted octanol–water partition coefficient (Wildman–Crippen LogP) is 2.42. The zero-order valence-corrected chi connectivity index (χ0v) is 17.0. The van der Waals surface area contributed by atoms with Gasteiger partial charge in [0.1, 0.15) is 0 Å². The number of nitrogens with one attached hydrogen (secondary N) is 1. The Morgan fingerprint density at radius 3 is 2.87 bits per heavy atom. The summed E-state index contributed by atoms with van der Waals surface area (Å²) in [7, 11) is 0. The average molecular weight is 406 g/mol. The summed E-state index contributed by atoms with van der Waals surface area (Å²) in [6.45, 7) is 2.45. The fraction of sp³-hybridized carbons (Fsp3) is 0.391. The van der Waals surface area contributed by atoms with E-state index in [1.807, 2.05) is 47.3 Å². The van der Waals surface area contributed by atoms with Gasteiger partial charge in [-0.2, -0.15) is 5.10 Å². The van der Waals surface area contributed by atoms with Gasteiger partial charge >= 0.3 is 0 Å². The number of pyridine rings is 1. The first-order valence-electron chi connectivity index (χ1n) is 10.6. The molecule has 2 aromatic heterocycles. The lowest BCUT2D eigenvalue weighted by atomic mass is 9.96. The molecule has 1 atom stereocenters. The Hall–Kier alpha value is -3.22. The van der Waals surface area contributed by atoms with Gasteiger partial charge in [-0.3, -0.25) is 19.3 Å². The number of rotatable bonds is 8. The van der Waals surface area contributed by atoms with Gasteiger partial charge in [-0.15, -0.1) is 0 Å². The monoisotopic (exact) mass is 405 g/mol. The van der Waals surface area contributed by atoms with Crippen LogP contribution in [-0.2, 0) is 22.6 Å². The van der Waals surface area contributed by atoms with Crippen LogP contribution in [-0.4, -0.2) is 51.1 Å². The van der Waals surface area contributed by atoms with Crippen molar-refractivity contribution in [3.8, 4) is 0 Å². The van der Waals surface area contributed by atoms with Crippen LogP contribution in [0, 0.1) is 5.92 Å². The van der Waals surface area contributed by atoms with E-state index in [-0.39, 0.29) is 17.7 Å². The fourth-order valence-corrected chi connectivity index (χ4v) is 3.93. The van der Waals surface area contributed by atoms with Crippen LogP contribution in [0.15, 0.2) is 54.9 Å². The lowest BCUT2D eigenvalue weighted by Crippen LogP contribution is -2.46. The second-order valence-electron chi connectivity index (χ2n) is 7.72. The van der Waals surface area contributed by atoms with Crippen molar-refractivity contribution in [1.29, 1.82) is 0 Å². The normalized spacial score (nSPS) is 16.7. The van der Waals surface area contributed by atoms with E-state index in [0.717, 1.165) is 29.6 Å². The van der Waals surface area contributed by atoms with Crippen LogP contribution in [0.1, 0.15) is 25.0 Å². The summed E-state index contributed by atoms with van der Waals surface area (Å²) in [4.78, 5) is 31.0. The molecule has 1 N–H and O–H groups in total. The van der Waals surface area contributed by atoms with Gasteiger partial charge in [0.05, 0.1) is 17.6 Å². The molecule has 1 saturated heterocycles. The lowest BCUT2D eigenvalue weighted by Gasteiger charge is -2.32. The van der Waals surface area contributed by atoms with Crippen molar-refractivity contribution in [3.63, 3.8) is 0 Å². The minimum Gasteiger partial charge on any atom is -0.356 e. The molecule has 0 unspecified atom stereocenters. The lowest BCUT2D eigenvalue weighted by molar-refractivity contribution is -0.138. The maximum atomic E-state index is 12.6. The fourth-order valence-electron chi connectivity index (χ4n) is 3.93. The molecule has 1 aromatic carbocycles. The predicted molar refractivity (Wildman–Crippen MR) is 115 cm³/mol. The molecule has 0 saturated carbocycles. The molecular formula is C23H27N5O2. The number of carbonyl (C=O) groups excluding carboxylic acids is 2. The number of amides is 2. The summed E-state index contributed by atoms with van der Waals surface area (Å²) >= 11 is 0. The number of piperidine rings is 1. The Kier molecular flexibility index (Phi) is 6.37. The smallest absolute Gasteiger partial charge is 0.224 e. The molecule has 0 radical (unpaired) electrons. The largest absolute Gasteiger partial charge is 0.356 e. The first-order chi connectivity index (χ1) is 14.7. The molecule has 0 aliphatic carbocycles. The van der Waals surface area contributed by atoms with E-state index >= 15 is 0 Å². The zero-order chi connectivity index (χ0) is 20.8. The molecule has 0 bridgehead atoms. The summed E-state index contributed by atoms with van der Waals surface area (Å²) < 4.78 is 1.97. The molecule has 3 heterocycles. The molecule has 1 aliphatic heterocycles. The molecule has 7 nitrogen and oxygen atoms in total. The molecular weight excluding hydrogens is 378 g/mol. The van der Waals surface area contributed by atoms with Crippen LogP contribution in [0.3, 0.4) is 0 Å². The number of nitrogens with zero attached hydrogens (tertiary/aromatic N) is 4. The maximum absolute atomic E-state index is 12.6. The Morgan fingerprint density at radius 1 is 1.13 bits per heavy atom. The summed E-state index contributed by atoms with van der Waals surface area (Å²) in [6.07, 6.45) is 6.20. The highest BCUT2D eigenvalue weighted by atomic mass is 16.2. The van der Waals surface area contributed by atoms with E-state index in [4.69, 9.17) is 0 Å². The van der Waals surface area contributed by atoms with E-state index in [0.29, 0.717) is 38.9 Å². The molecule has 3 aromatic rings. The Morgan fingerprint density at radius 2 is 2.00 bits per heavy atom. The summed E-state index contributed by atoms with van der Waals surface area (Å²) in [5, 5.41) is 8.59. The van der Waals surface area contributed by atoms with Crippen molar-refractivity contribution in [3.05, 3.63) is 60.6 Å². The molecule has 1 aliphatic rings. The Bertz CT molecular complexity index is 1000. The first kappa shape index (κ1) is 20.1. The zero-order valence-electron chi connectivity index (χ0n) is 17.0. The van der Waals surface area contributed by atoms with Crippen LogP contribution in [0.4, 0.5) is 0 Å². The van der Waals surface area contributed by atoms with Gasteiger partial charge in [0.25, 0.3) is 0 Å². The van der Waals surface area contributed by atoms with E-state index in [2.05, 4.69) is 21.5 Å². The number of aromatic nitrogens is 3. The number of hydrogen-bond donors (Lipinski definition) is 1. The van der Waals surface area contributed by atoms with Crippen LogP contribution >= 0.6 is 0 Å². The van der Waals surface area contributed by atoms with Crippen LogP contribution in [0.5, 0.6) is 0 Å². The van der Waals surface area contributed by atoms with Crippen molar-refractivity contribution in [1.82, 2.24) is 25.0 Å². The molecule has 7 heteroatoms. The minimum atomic E-state index is -0.142. The van der Waals surface area contributed by atoms with E-state index < -0.39 is 0 Å². The van der Waals surface area contributed by atoms with Crippen molar-refractivity contribution < 1.29 is 9.59 Å². The summed E-state index contributed by atoms with van der Waals surface area (Å²) in [5.41, 5.74) is 2.07. The number of benzene rings is 1. The Balaban J connectivity index is 1.22. The van der Waals surface area contributed by atoms with Crippen molar-refractivity contribution >= 4 is 22.7 Å². The van der Waals surface area contributed by atoms with Gasteiger partial charge in [-0.25, -0.2) is 0 Å². The van der Waals surface area contributed by atoms with Gasteiger partial charge in [0.2, 0.25) is 11.8 Å². The molecule has 0 spiro atoms. The third-order valence-corrected chi connectivity index (χ3v) is 5.63. The summed E-state index contributed by atoms with van der Waals surface area (Å²) in [6, 6.07) is 13.9. The number of fused-ring (bicyclic) bond motifs is 1. The number of aryl methyl sites for hydroxylation is 1. The van der Waals surface area contributed by atoms with E-state index in [9.17, 15) is 9.59 Å². The Labute approximate surface area is 176 Å². The number of hydrogen-bond acceptors (Lipinski definition) is 4. The maximum Gasteiger partial charge on any atom is 0.224 e. The number of carbonyl (C=O) groups is 2. The second-order valence-corrected chi connectivity index (χ2v) is 7.72. The average Bonchev–Trinajstić information content (AvgIpc) is 3.20. The van der Waals surface area contributed by atoms with Gasteiger partial charge in [-0.05, 0) is 31.0 Å². The molecule has 4 rings (SSSR count). The van der Waals surface area contributed by atoms with Crippen LogP contribution in [0.2, 0.25) is 0 Å². The van der Waals surface area contributed by atoms with Crippen LogP contribution in [0.25, 0.3) is 10.9 Å². The van der Waals surface area contributed by atoms with E-state index in [1.54, 1.807) is 11.1 Å². The minimum absolute atomic E-state index is 0.0376. The topological polar surface area (TPSA) is 80.1 Å². The standard InChI is InChI=1S/C23H27N5O2/c29-22-10-9-19(17-27(22)15-11-20-7-3-4-12-24-20)23(30)25-13-5-14-28-21-8-2-1-6-18(21)16-26-28/h1-4,6-8,12,16,19H,5,9-11,13-15,17H2,(H,25,30)/t19-/m0/s1. The van der Waals surface area contributed by atoms with Crippen LogP contribution < -0.4 is 5.32 Å². The van der Waals surface area contributed by atoms with Gasteiger partial charge in [0.15, 0.2) is 0 Å². The number of likely N-dealkylation sites (tertiary alicyclic amines) is 1. The van der Waals surface area contributed by atoms with Crippen molar-refractivity contribution in [2.45, 2.75) is 32.2 Å². The third kappa shape index (κ3) is 4.84. The van der Waals surface area contributed by atoms with Crippen molar-refractivity contribution in [2.24, 2.45) is 5.92 Å².